The number of fused-ring (bicyclic) bond motifs is 2. The smallest absolute Gasteiger partial charge is 0.245 e. The van der Waals surface area contributed by atoms with Gasteiger partial charge in [-0.05, 0) is 44.5 Å². The summed E-state index contributed by atoms with van der Waals surface area (Å²) in [7, 11) is 3.99. The fourth-order valence-electron chi connectivity index (χ4n) is 4.33. The fraction of sp³-hybridized carbons (Fsp3) is 0.526. The molecule has 1 unspecified atom stereocenters. The Morgan fingerprint density at radius 2 is 2.12 bits per heavy atom. The third-order valence-corrected chi connectivity index (χ3v) is 5.68. The molecule has 0 saturated carbocycles. The summed E-state index contributed by atoms with van der Waals surface area (Å²) in [6, 6.07) is 8.30. The van der Waals surface area contributed by atoms with Gasteiger partial charge in [-0.25, -0.2) is 0 Å². The Labute approximate surface area is 148 Å². The van der Waals surface area contributed by atoms with E-state index >= 15 is 0 Å². The van der Waals surface area contributed by atoms with Gasteiger partial charge in [0.25, 0.3) is 0 Å². The number of rotatable bonds is 5. The van der Waals surface area contributed by atoms with Gasteiger partial charge < -0.3 is 9.88 Å². The summed E-state index contributed by atoms with van der Waals surface area (Å²) in [5.74, 6) is 2.15. The third kappa shape index (κ3) is 2.56. The summed E-state index contributed by atoms with van der Waals surface area (Å²) in [4.78, 5) is 15.2. The van der Waals surface area contributed by atoms with E-state index in [0.717, 1.165) is 55.9 Å². The van der Waals surface area contributed by atoms with Crippen molar-refractivity contribution in [2.24, 2.45) is 0 Å². The van der Waals surface area contributed by atoms with Crippen LogP contribution >= 0.6 is 0 Å². The Morgan fingerprint density at radius 3 is 2.96 bits per heavy atom. The summed E-state index contributed by atoms with van der Waals surface area (Å²) < 4.78 is 2.19. The van der Waals surface area contributed by atoms with Crippen LogP contribution in [0.2, 0.25) is 0 Å². The molecule has 2 aliphatic rings. The topological polar surface area (TPSA) is 63.1 Å². The van der Waals surface area contributed by atoms with E-state index in [1.807, 2.05) is 26.2 Å². The molecule has 0 spiro atoms. The van der Waals surface area contributed by atoms with E-state index < -0.39 is 5.54 Å². The number of likely N-dealkylation sites (N-methyl/N-ethyl adjacent to an activating group) is 1. The zero-order chi connectivity index (χ0) is 17.4. The van der Waals surface area contributed by atoms with Crippen LogP contribution in [0.4, 0.5) is 0 Å². The van der Waals surface area contributed by atoms with Gasteiger partial charge in [0.2, 0.25) is 5.91 Å². The first-order valence-corrected chi connectivity index (χ1v) is 9.08. The van der Waals surface area contributed by atoms with Crippen LogP contribution in [0.1, 0.15) is 35.6 Å². The predicted octanol–water partition coefficient (Wildman–Crippen LogP) is 1.29. The zero-order valence-corrected chi connectivity index (χ0v) is 15.0. The van der Waals surface area contributed by atoms with E-state index in [-0.39, 0.29) is 5.91 Å². The Balaban J connectivity index is 1.48. The first-order chi connectivity index (χ1) is 12.1. The van der Waals surface area contributed by atoms with Gasteiger partial charge in [-0.1, -0.05) is 24.3 Å². The average Bonchev–Trinajstić information content (AvgIpc) is 3.29. The largest absolute Gasteiger partial charge is 0.354 e. The molecule has 6 nitrogen and oxygen atoms in total. The first kappa shape index (κ1) is 16.3. The predicted molar refractivity (Wildman–Crippen MR) is 95.2 cm³/mol. The summed E-state index contributed by atoms with van der Waals surface area (Å²) in [6.07, 6.45) is 4.65. The summed E-state index contributed by atoms with van der Waals surface area (Å²) in [6.45, 7) is 1.59. The van der Waals surface area contributed by atoms with Crippen molar-refractivity contribution >= 4 is 5.91 Å². The van der Waals surface area contributed by atoms with Crippen molar-refractivity contribution in [3.63, 3.8) is 0 Å². The number of hydrogen-bond acceptors (Lipinski definition) is 4. The van der Waals surface area contributed by atoms with Crippen LogP contribution in [0.25, 0.3) is 0 Å². The van der Waals surface area contributed by atoms with Gasteiger partial charge in [-0.15, -0.1) is 10.2 Å². The van der Waals surface area contributed by atoms with Crippen molar-refractivity contribution in [3.8, 4) is 0 Å². The molecular formula is C19H25N5O. The Kier molecular flexibility index (Phi) is 4.07. The van der Waals surface area contributed by atoms with Gasteiger partial charge >= 0.3 is 0 Å². The minimum Gasteiger partial charge on any atom is -0.354 e. The van der Waals surface area contributed by atoms with Gasteiger partial charge in [0.1, 0.15) is 17.2 Å². The molecule has 1 amide bonds. The summed E-state index contributed by atoms with van der Waals surface area (Å²) in [5.41, 5.74) is 1.85. The van der Waals surface area contributed by atoms with Crippen molar-refractivity contribution in [2.75, 3.05) is 20.6 Å². The molecule has 1 aromatic heterocycles. The maximum Gasteiger partial charge on any atom is 0.245 e. The number of nitrogens with one attached hydrogen (secondary N) is 1. The highest BCUT2D eigenvalue weighted by Crippen LogP contribution is 2.40. The van der Waals surface area contributed by atoms with Crippen molar-refractivity contribution in [2.45, 2.75) is 44.2 Å². The molecule has 0 saturated heterocycles. The SMILES string of the molecule is CN(C)C1(C(=O)NCCc2nnc3n2CCC3)CCc2ccccc21. The minimum atomic E-state index is -0.566. The highest BCUT2D eigenvalue weighted by atomic mass is 16.2. The van der Waals surface area contributed by atoms with Crippen LogP contribution in [-0.4, -0.2) is 46.2 Å². The minimum absolute atomic E-state index is 0.0867. The molecule has 1 aromatic carbocycles. The van der Waals surface area contributed by atoms with Crippen LogP contribution in [0.15, 0.2) is 24.3 Å². The van der Waals surface area contributed by atoms with E-state index in [1.165, 1.54) is 5.56 Å². The normalized spacial score (nSPS) is 21.4. The number of hydrogen-bond donors (Lipinski definition) is 1. The number of carbonyl (C=O) groups is 1. The van der Waals surface area contributed by atoms with Crippen LogP contribution in [-0.2, 0) is 36.1 Å². The highest BCUT2D eigenvalue weighted by Gasteiger charge is 2.46. The molecule has 6 heteroatoms. The second kappa shape index (κ2) is 6.26. The van der Waals surface area contributed by atoms with Crippen molar-refractivity contribution in [1.29, 1.82) is 0 Å². The maximum absolute atomic E-state index is 13.1. The maximum atomic E-state index is 13.1. The molecule has 25 heavy (non-hydrogen) atoms. The molecule has 132 valence electrons. The van der Waals surface area contributed by atoms with Gasteiger partial charge in [-0.2, -0.15) is 0 Å². The lowest BCUT2D eigenvalue weighted by Gasteiger charge is -2.35. The summed E-state index contributed by atoms with van der Waals surface area (Å²) in [5, 5.41) is 11.7. The van der Waals surface area contributed by atoms with Crippen molar-refractivity contribution < 1.29 is 4.79 Å². The van der Waals surface area contributed by atoms with Crippen LogP contribution in [0.5, 0.6) is 0 Å². The third-order valence-electron chi connectivity index (χ3n) is 5.68. The van der Waals surface area contributed by atoms with Gasteiger partial charge in [0.05, 0.1) is 0 Å². The molecule has 1 N–H and O–H groups in total. The Hall–Kier alpha value is -2.21. The molecule has 0 fully saturated rings. The molecule has 2 aromatic rings. The number of benzene rings is 1. The van der Waals surface area contributed by atoms with Crippen molar-refractivity contribution in [3.05, 3.63) is 47.0 Å². The molecule has 1 aliphatic carbocycles. The molecule has 4 rings (SSSR count). The number of aryl methyl sites for hydroxylation is 2. The lowest BCUT2D eigenvalue weighted by Crippen LogP contribution is -2.52. The van der Waals surface area contributed by atoms with E-state index in [9.17, 15) is 4.79 Å². The fourth-order valence-corrected chi connectivity index (χ4v) is 4.33. The highest BCUT2D eigenvalue weighted by molar-refractivity contribution is 5.89. The van der Waals surface area contributed by atoms with Gasteiger partial charge in [0.15, 0.2) is 0 Å². The number of amides is 1. The molecular weight excluding hydrogens is 314 g/mol. The van der Waals surface area contributed by atoms with Crippen LogP contribution in [0, 0.1) is 0 Å². The summed E-state index contributed by atoms with van der Waals surface area (Å²) >= 11 is 0. The first-order valence-electron chi connectivity index (χ1n) is 9.08. The lowest BCUT2D eigenvalue weighted by molar-refractivity contribution is -0.132. The van der Waals surface area contributed by atoms with Gasteiger partial charge in [-0.3, -0.25) is 9.69 Å². The zero-order valence-electron chi connectivity index (χ0n) is 15.0. The van der Waals surface area contributed by atoms with E-state index in [4.69, 9.17) is 0 Å². The van der Waals surface area contributed by atoms with E-state index in [0.29, 0.717) is 6.54 Å². The van der Waals surface area contributed by atoms with Crippen LogP contribution in [0.3, 0.4) is 0 Å². The Bertz CT molecular complexity index is 797. The van der Waals surface area contributed by atoms with E-state index in [2.05, 4.69) is 37.1 Å². The molecule has 1 atom stereocenters. The molecule has 2 heterocycles. The second-order valence-electron chi connectivity index (χ2n) is 7.21. The Morgan fingerprint density at radius 1 is 1.28 bits per heavy atom. The number of aromatic nitrogens is 3. The van der Waals surface area contributed by atoms with E-state index in [1.54, 1.807) is 0 Å². The number of nitrogens with zero attached hydrogens (tertiary/aromatic N) is 4. The second-order valence-corrected chi connectivity index (χ2v) is 7.21. The molecule has 1 aliphatic heterocycles. The molecule has 0 radical (unpaired) electrons. The molecule has 0 bridgehead atoms. The van der Waals surface area contributed by atoms with Crippen LogP contribution < -0.4 is 5.32 Å². The average molecular weight is 339 g/mol. The monoisotopic (exact) mass is 339 g/mol. The standard InChI is InChI=1S/C19H25N5O/c1-23(2)19(11-9-14-6-3-4-7-15(14)19)18(25)20-12-10-17-22-21-16-8-5-13-24(16)17/h3-4,6-7H,5,8-13H2,1-2H3,(H,20,25). The lowest BCUT2D eigenvalue weighted by atomic mass is 9.89. The van der Waals surface area contributed by atoms with Crippen molar-refractivity contribution in [1.82, 2.24) is 25.0 Å². The number of carbonyl (C=O) groups excluding carboxylic acids is 1. The quantitative estimate of drug-likeness (QED) is 0.891. The van der Waals surface area contributed by atoms with Gasteiger partial charge in [0, 0.05) is 25.9 Å².